The summed E-state index contributed by atoms with van der Waals surface area (Å²) < 4.78 is 14.5. The van der Waals surface area contributed by atoms with Crippen molar-refractivity contribution in [2.75, 3.05) is 11.5 Å². The second-order valence-electron chi connectivity index (χ2n) is 6.64. The normalized spacial score (nSPS) is 12.6. The van der Waals surface area contributed by atoms with E-state index >= 15 is 0 Å². The fraction of sp³-hybridized carbons (Fsp3) is 0.409. The number of aryl methyl sites for hydroxylation is 2. The molecule has 1 aliphatic carbocycles. The van der Waals surface area contributed by atoms with E-state index < -0.39 is 5.82 Å². The van der Waals surface area contributed by atoms with Crippen LogP contribution in [0.1, 0.15) is 57.8 Å². The molecule has 4 rings (SSSR count). The van der Waals surface area contributed by atoms with Crippen LogP contribution in [0.15, 0.2) is 30.5 Å². The molecule has 0 spiro atoms. The number of anilines is 2. The molecule has 0 atom stereocenters. The highest BCUT2D eigenvalue weighted by atomic mass is 19.1. The van der Waals surface area contributed by atoms with Crippen molar-refractivity contribution >= 4 is 22.5 Å². The average molecular weight is 399 g/mol. The Hall–Kier alpha value is -2.96. The van der Waals surface area contributed by atoms with Crippen LogP contribution in [0.25, 0.3) is 10.8 Å². The minimum absolute atomic E-state index is 0.0195. The summed E-state index contributed by atoms with van der Waals surface area (Å²) in [7, 11) is 0. The van der Waals surface area contributed by atoms with E-state index in [1.54, 1.807) is 0 Å². The molecular formula is C22H31FN6. The molecule has 6 nitrogen and oxygen atoms in total. The lowest BCUT2D eigenvalue weighted by Crippen LogP contribution is -2.23. The van der Waals surface area contributed by atoms with Gasteiger partial charge in [-0.05, 0) is 42.7 Å². The zero-order valence-corrected chi connectivity index (χ0v) is 17.7. The predicted molar refractivity (Wildman–Crippen MR) is 117 cm³/mol. The number of rotatable bonds is 3. The molecule has 0 amide bonds. The van der Waals surface area contributed by atoms with E-state index in [4.69, 9.17) is 16.9 Å². The second-order valence-corrected chi connectivity index (χ2v) is 6.64. The number of nitrogen functional groups attached to an aromatic ring is 2. The van der Waals surface area contributed by atoms with E-state index in [2.05, 4.69) is 52.6 Å². The molecule has 1 saturated carbocycles. The third-order valence-corrected chi connectivity index (χ3v) is 4.74. The maximum absolute atomic E-state index is 12.2. The average Bonchev–Trinajstić information content (AvgIpc) is 3.57. The highest BCUT2D eigenvalue weighted by Gasteiger charge is 2.26. The van der Waals surface area contributed by atoms with E-state index in [1.165, 1.54) is 29.5 Å². The highest BCUT2D eigenvalue weighted by Crippen LogP contribution is 2.35. The van der Waals surface area contributed by atoms with Gasteiger partial charge in [-0.3, -0.25) is 5.41 Å². The Kier molecular flexibility index (Phi) is 7.70. The first kappa shape index (κ1) is 22.3. The van der Waals surface area contributed by atoms with Gasteiger partial charge in [0.2, 0.25) is 5.95 Å². The monoisotopic (exact) mass is 398 g/mol. The Balaban J connectivity index is 0.000000231. The topological polar surface area (TPSA) is 107 Å². The first-order valence-electron chi connectivity index (χ1n) is 10.2. The first-order chi connectivity index (χ1) is 14.0. The molecular weight excluding hydrogens is 367 g/mol. The lowest BCUT2D eigenvalue weighted by molar-refractivity contribution is 0.620. The zero-order chi connectivity index (χ0) is 21.6. The number of nitrogens with zero attached hydrogens (tertiary/aromatic N) is 3. The Morgan fingerprint density at radius 1 is 1.17 bits per heavy atom. The summed E-state index contributed by atoms with van der Waals surface area (Å²) in [4.78, 5) is 6.69. The van der Waals surface area contributed by atoms with E-state index in [0.29, 0.717) is 6.04 Å². The molecule has 29 heavy (non-hydrogen) atoms. The molecule has 7 heteroatoms. The van der Waals surface area contributed by atoms with Gasteiger partial charge >= 0.3 is 0 Å². The van der Waals surface area contributed by atoms with Gasteiger partial charge in [-0.1, -0.05) is 45.9 Å². The van der Waals surface area contributed by atoms with Crippen LogP contribution in [0.5, 0.6) is 0 Å². The summed E-state index contributed by atoms with van der Waals surface area (Å²) in [5.74, 6) is -0.888. The molecule has 0 saturated heterocycles. The molecule has 0 aliphatic heterocycles. The zero-order valence-electron chi connectivity index (χ0n) is 17.7. The van der Waals surface area contributed by atoms with Crippen molar-refractivity contribution in [3.05, 3.63) is 53.0 Å². The van der Waals surface area contributed by atoms with Gasteiger partial charge in [0, 0.05) is 17.1 Å². The number of hydrogen-bond acceptors (Lipinski definition) is 5. The van der Waals surface area contributed by atoms with Crippen LogP contribution in [0.2, 0.25) is 0 Å². The van der Waals surface area contributed by atoms with Gasteiger partial charge in [0.25, 0.3) is 0 Å². The maximum atomic E-state index is 12.2. The van der Waals surface area contributed by atoms with E-state index in [1.807, 2.05) is 13.8 Å². The van der Waals surface area contributed by atoms with Crippen molar-refractivity contribution in [1.82, 2.24) is 14.5 Å². The quantitative estimate of drug-likeness (QED) is 0.608. The smallest absolute Gasteiger partial charge is 0.222 e. The Bertz CT molecular complexity index is 1020. The van der Waals surface area contributed by atoms with Gasteiger partial charge in [0.1, 0.15) is 5.49 Å². The molecule has 156 valence electrons. The van der Waals surface area contributed by atoms with Gasteiger partial charge in [0.05, 0.1) is 6.20 Å². The molecule has 2 aromatic heterocycles. The number of nitrogens with two attached hydrogens (primary N) is 2. The fourth-order valence-electron chi connectivity index (χ4n) is 3.25. The maximum Gasteiger partial charge on any atom is 0.222 e. The SMILES string of the molecule is CC.CCc1cccc2cc(CC)n(C3CC3)c(=N)c12.Nc1ncc(F)c(N)n1. The second kappa shape index (κ2) is 10.0. The lowest BCUT2D eigenvalue weighted by atomic mass is 10.0. The summed E-state index contributed by atoms with van der Waals surface area (Å²) in [6.45, 7) is 8.35. The third-order valence-electron chi connectivity index (χ3n) is 4.74. The van der Waals surface area contributed by atoms with Crippen LogP contribution in [0, 0.1) is 11.2 Å². The molecule has 2 heterocycles. The summed E-state index contributed by atoms with van der Waals surface area (Å²) in [5.41, 5.74) is 13.4. The molecule has 5 N–H and O–H groups in total. The molecule has 3 aromatic rings. The van der Waals surface area contributed by atoms with Crippen LogP contribution >= 0.6 is 0 Å². The number of pyridine rings is 1. The third kappa shape index (κ3) is 5.10. The van der Waals surface area contributed by atoms with Crippen LogP contribution in [-0.2, 0) is 12.8 Å². The van der Waals surface area contributed by atoms with Gasteiger partial charge in [-0.25, -0.2) is 9.37 Å². The summed E-state index contributed by atoms with van der Waals surface area (Å²) in [6.07, 6.45) is 5.42. The van der Waals surface area contributed by atoms with Crippen molar-refractivity contribution < 1.29 is 4.39 Å². The number of benzene rings is 1. The van der Waals surface area contributed by atoms with Crippen LogP contribution in [-0.4, -0.2) is 14.5 Å². The summed E-state index contributed by atoms with van der Waals surface area (Å²) in [5, 5.41) is 10.9. The van der Waals surface area contributed by atoms with Gasteiger partial charge in [-0.2, -0.15) is 4.98 Å². The molecule has 1 fully saturated rings. The number of hydrogen-bond donors (Lipinski definition) is 3. The van der Waals surface area contributed by atoms with Crippen molar-refractivity contribution in [2.45, 2.75) is 59.4 Å². The number of halogens is 1. The molecule has 0 radical (unpaired) electrons. The minimum atomic E-state index is -0.649. The lowest BCUT2D eigenvalue weighted by Gasteiger charge is -2.15. The molecule has 0 unspecified atom stereocenters. The van der Waals surface area contributed by atoms with E-state index in [-0.39, 0.29) is 11.8 Å². The van der Waals surface area contributed by atoms with E-state index in [0.717, 1.165) is 29.9 Å². The standard InChI is InChI=1S/C16H20N2.C4H5FN4.C2H6/c1-3-11-6-5-7-12-10-13(4-2)18(14-8-9-14)16(17)15(11)12;5-2-1-8-4(7)9-3(2)6;1-2/h5-7,10,14,17H,3-4,8-9H2,1-2H3;1H,(H4,6,7,8,9);1-2H3. The van der Waals surface area contributed by atoms with Crippen LogP contribution in [0.3, 0.4) is 0 Å². The number of nitrogens with one attached hydrogen (secondary N) is 1. The largest absolute Gasteiger partial charge is 0.381 e. The highest BCUT2D eigenvalue weighted by molar-refractivity contribution is 5.85. The van der Waals surface area contributed by atoms with Crippen LogP contribution in [0.4, 0.5) is 16.2 Å². The Labute approximate surface area is 171 Å². The van der Waals surface area contributed by atoms with Gasteiger partial charge < -0.3 is 16.0 Å². The summed E-state index contributed by atoms with van der Waals surface area (Å²) in [6, 6.07) is 9.28. The number of fused-ring (bicyclic) bond motifs is 1. The predicted octanol–water partition coefficient (Wildman–Crippen LogP) is 4.39. The van der Waals surface area contributed by atoms with Crippen molar-refractivity contribution in [1.29, 1.82) is 5.41 Å². The first-order valence-corrected chi connectivity index (χ1v) is 10.2. The fourth-order valence-corrected chi connectivity index (χ4v) is 3.25. The van der Waals surface area contributed by atoms with Crippen molar-refractivity contribution in [2.24, 2.45) is 0 Å². The van der Waals surface area contributed by atoms with Gasteiger partial charge in [0.15, 0.2) is 11.6 Å². The summed E-state index contributed by atoms with van der Waals surface area (Å²) >= 11 is 0. The molecule has 0 bridgehead atoms. The van der Waals surface area contributed by atoms with E-state index in [9.17, 15) is 4.39 Å². The minimum Gasteiger partial charge on any atom is -0.381 e. The number of aromatic nitrogens is 3. The molecule has 1 aromatic carbocycles. The Morgan fingerprint density at radius 3 is 2.38 bits per heavy atom. The Morgan fingerprint density at radius 2 is 1.86 bits per heavy atom. The van der Waals surface area contributed by atoms with Crippen LogP contribution < -0.4 is 17.0 Å². The van der Waals surface area contributed by atoms with Gasteiger partial charge in [-0.15, -0.1) is 0 Å². The van der Waals surface area contributed by atoms with Crippen molar-refractivity contribution in [3.8, 4) is 0 Å². The molecule has 1 aliphatic rings. The van der Waals surface area contributed by atoms with Crippen molar-refractivity contribution in [3.63, 3.8) is 0 Å².